The molecule has 0 spiro atoms. The van der Waals surface area contributed by atoms with Crippen LogP contribution in [0.15, 0.2) is 35.7 Å². The van der Waals surface area contributed by atoms with Gasteiger partial charge in [-0.15, -0.1) is 11.3 Å². The molecule has 144 valence electrons. The molecule has 0 radical (unpaired) electrons. The van der Waals surface area contributed by atoms with Gasteiger partial charge in [0, 0.05) is 31.4 Å². The van der Waals surface area contributed by atoms with E-state index in [0.717, 1.165) is 38.2 Å². The molecule has 0 aliphatic carbocycles. The molecule has 1 aliphatic rings. The molecule has 1 aromatic carbocycles. The van der Waals surface area contributed by atoms with E-state index >= 15 is 0 Å². The normalized spacial score (nSPS) is 14.1. The molecule has 1 aliphatic heterocycles. The summed E-state index contributed by atoms with van der Waals surface area (Å²) < 4.78 is 0. The van der Waals surface area contributed by atoms with Crippen molar-refractivity contribution in [2.24, 2.45) is 0 Å². The van der Waals surface area contributed by atoms with Crippen molar-refractivity contribution in [1.29, 1.82) is 0 Å². The zero-order valence-electron chi connectivity index (χ0n) is 15.7. The summed E-state index contributed by atoms with van der Waals surface area (Å²) >= 11 is 1.43. The molecule has 0 bridgehead atoms. The fraction of sp³-hybridized carbons (Fsp3) is 0.450. The molecule has 3 rings (SSSR count). The lowest BCUT2D eigenvalue weighted by molar-refractivity contribution is -0.120. The van der Waals surface area contributed by atoms with E-state index in [1.165, 1.54) is 16.9 Å². The molecule has 1 aromatic heterocycles. The number of aromatic nitrogens is 1. The standard InChI is InChI=1S/C20H26N4O2S/c1-23(14-16-7-3-2-4-8-16)11-6-10-21-18(25)13-17-15-27-20(22-17)24-12-5-9-19(24)26/h2-4,7-8,15H,5-6,9-14H2,1H3,(H,21,25). The Morgan fingerprint density at radius 2 is 2.15 bits per heavy atom. The molecule has 0 atom stereocenters. The van der Waals surface area contributed by atoms with Crippen LogP contribution < -0.4 is 10.2 Å². The van der Waals surface area contributed by atoms with Gasteiger partial charge in [0.15, 0.2) is 5.13 Å². The summed E-state index contributed by atoms with van der Waals surface area (Å²) in [5, 5.41) is 5.54. The minimum Gasteiger partial charge on any atom is -0.356 e. The average molecular weight is 387 g/mol. The lowest BCUT2D eigenvalue weighted by Crippen LogP contribution is -2.29. The Labute approximate surface area is 164 Å². The number of nitrogens with one attached hydrogen (secondary N) is 1. The van der Waals surface area contributed by atoms with Gasteiger partial charge in [0.2, 0.25) is 11.8 Å². The van der Waals surface area contributed by atoms with Gasteiger partial charge in [0.05, 0.1) is 12.1 Å². The van der Waals surface area contributed by atoms with Crippen molar-refractivity contribution >= 4 is 28.3 Å². The first-order chi connectivity index (χ1) is 13.1. The number of carbonyl (C=O) groups is 2. The summed E-state index contributed by atoms with van der Waals surface area (Å²) in [5.41, 5.74) is 2.02. The van der Waals surface area contributed by atoms with Gasteiger partial charge in [0.25, 0.3) is 0 Å². The molecule has 7 heteroatoms. The Kier molecular flexibility index (Phi) is 6.95. The molecule has 2 aromatic rings. The molecular formula is C20H26N4O2S. The number of rotatable bonds is 9. The van der Waals surface area contributed by atoms with E-state index < -0.39 is 0 Å². The first-order valence-electron chi connectivity index (χ1n) is 9.36. The lowest BCUT2D eigenvalue weighted by atomic mass is 10.2. The van der Waals surface area contributed by atoms with Crippen LogP contribution in [-0.2, 0) is 22.6 Å². The highest BCUT2D eigenvalue weighted by Crippen LogP contribution is 2.25. The van der Waals surface area contributed by atoms with Crippen molar-refractivity contribution in [3.63, 3.8) is 0 Å². The summed E-state index contributed by atoms with van der Waals surface area (Å²) in [7, 11) is 2.09. The summed E-state index contributed by atoms with van der Waals surface area (Å²) in [6.07, 6.45) is 2.64. The largest absolute Gasteiger partial charge is 0.356 e. The summed E-state index contributed by atoms with van der Waals surface area (Å²) in [4.78, 5) is 32.3. The predicted octanol–water partition coefficient (Wildman–Crippen LogP) is 2.45. The number of carbonyl (C=O) groups excluding carboxylic acids is 2. The molecule has 2 heterocycles. The van der Waals surface area contributed by atoms with Crippen molar-refractivity contribution < 1.29 is 9.59 Å². The van der Waals surface area contributed by atoms with Crippen LogP contribution in [0.3, 0.4) is 0 Å². The zero-order valence-corrected chi connectivity index (χ0v) is 16.5. The van der Waals surface area contributed by atoms with Crippen molar-refractivity contribution in [3.8, 4) is 0 Å². The minimum atomic E-state index is -0.0229. The van der Waals surface area contributed by atoms with Crippen LogP contribution in [0.2, 0.25) is 0 Å². The first-order valence-corrected chi connectivity index (χ1v) is 10.2. The second-order valence-corrected chi connectivity index (χ2v) is 7.71. The van der Waals surface area contributed by atoms with Gasteiger partial charge in [-0.3, -0.25) is 14.5 Å². The lowest BCUT2D eigenvalue weighted by Gasteiger charge is -2.16. The molecular weight excluding hydrogens is 360 g/mol. The average Bonchev–Trinajstić information content (AvgIpc) is 3.28. The third-order valence-electron chi connectivity index (χ3n) is 4.52. The smallest absolute Gasteiger partial charge is 0.228 e. The van der Waals surface area contributed by atoms with Crippen LogP contribution in [0.5, 0.6) is 0 Å². The van der Waals surface area contributed by atoms with Crippen molar-refractivity contribution in [2.45, 2.75) is 32.2 Å². The Hall–Kier alpha value is -2.25. The number of anilines is 1. The Morgan fingerprint density at radius 1 is 1.33 bits per heavy atom. The molecule has 6 nitrogen and oxygen atoms in total. The zero-order chi connectivity index (χ0) is 19.1. The van der Waals surface area contributed by atoms with E-state index in [9.17, 15) is 9.59 Å². The summed E-state index contributed by atoms with van der Waals surface area (Å²) in [5.74, 6) is 0.102. The highest BCUT2D eigenvalue weighted by Gasteiger charge is 2.24. The number of amides is 2. The monoisotopic (exact) mass is 386 g/mol. The van der Waals surface area contributed by atoms with Crippen LogP contribution in [0.1, 0.15) is 30.5 Å². The van der Waals surface area contributed by atoms with Crippen LogP contribution in [0.4, 0.5) is 5.13 Å². The van der Waals surface area contributed by atoms with Crippen LogP contribution in [0.25, 0.3) is 0 Å². The number of thiazole rings is 1. The number of benzene rings is 1. The van der Waals surface area contributed by atoms with Crippen LogP contribution in [0, 0.1) is 0 Å². The van der Waals surface area contributed by atoms with Gasteiger partial charge in [-0.05, 0) is 32.0 Å². The minimum absolute atomic E-state index is 0.0229. The third kappa shape index (κ3) is 5.87. The highest BCUT2D eigenvalue weighted by molar-refractivity contribution is 7.14. The highest BCUT2D eigenvalue weighted by atomic mass is 32.1. The van der Waals surface area contributed by atoms with Gasteiger partial charge in [0.1, 0.15) is 0 Å². The van der Waals surface area contributed by atoms with Crippen LogP contribution in [-0.4, -0.2) is 48.4 Å². The Morgan fingerprint density at radius 3 is 2.89 bits per heavy atom. The Balaban J connectivity index is 1.34. The number of hydrogen-bond acceptors (Lipinski definition) is 5. The van der Waals surface area contributed by atoms with Gasteiger partial charge in [-0.25, -0.2) is 4.98 Å². The third-order valence-corrected chi connectivity index (χ3v) is 5.43. The van der Waals surface area contributed by atoms with Gasteiger partial charge in [-0.1, -0.05) is 30.3 Å². The molecule has 1 N–H and O–H groups in total. The van der Waals surface area contributed by atoms with Gasteiger partial charge >= 0.3 is 0 Å². The van der Waals surface area contributed by atoms with Crippen molar-refractivity contribution in [1.82, 2.24) is 15.2 Å². The maximum Gasteiger partial charge on any atom is 0.228 e. The topological polar surface area (TPSA) is 65.5 Å². The molecule has 0 saturated carbocycles. The SMILES string of the molecule is CN(CCCNC(=O)Cc1csc(N2CCCC2=O)n1)Cc1ccccc1. The molecule has 2 amide bonds. The van der Waals surface area contributed by atoms with Crippen molar-refractivity contribution in [2.75, 3.05) is 31.6 Å². The van der Waals surface area contributed by atoms with Gasteiger partial charge < -0.3 is 10.2 Å². The molecule has 0 unspecified atom stereocenters. The van der Waals surface area contributed by atoms with Crippen molar-refractivity contribution in [3.05, 3.63) is 47.0 Å². The second-order valence-electron chi connectivity index (χ2n) is 6.87. The quantitative estimate of drug-likeness (QED) is 0.673. The number of nitrogens with zero attached hydrogens (tertiary/aromatic N) is 3. The summed E-state index contributed by atoms with van der Waals surface area (Å²) in [6.45, 7) is 3.22. The second kappa shape index (κ2) is 9.62. The first kappa shape index (κ1) is 19.5. The maximum absolute atomic E-state index is 12.1. The van der Waals surface area contributed by atoms with E-state index in [-0.39, 0.29) is 18.2 Å². The number of hydrogen-bond donors (Lipinski definition) is 1. The van der Waals surface area contributed by atoms with E-state index in [4.69, 9.17) is 0 Å². The van der Waals surface area contributed by atoms with E-state index in [1.807, 2.05) is 23.6 Å². The van der Waals surface area contributed by atoms with E-state index in [1.54, 1.807) is 4.90 Å². The maximum atomic E-state index is 12.1. The molecule has 1 fully saturated rings. The van der Waals surface area contributed by atoms with E-state index in [2.05, 4.69) is 34.4 Å². The molecule has 27 heavy (non-hydrogen) atoms. The van der Waals surface area contributed by atoms with E-state index in [0.29, 0.717) is 18.1 Å². The van der Waals surface area contributed by atoms with Gasteiger partial charge in [-0.2, -0.15) is 0 Å². The van der Waals surface area contributed by atoms with Crippen LogP contribution >= 0.6 is 11.3 Å². The fourth-order valence-corrected chi connectivity index (χ4v) is 4.00. The summed E-state index contributed by atoms with van der Waals surface area (Å²) in [6, 6.07) is 10.4. The fourth-order valence-electron chi connectivity index (χ4n) is 3.13. The predicted molar refractivity (Wildman–Crippen MR) is 108 cm³/mol. The Bertz CT molecular complexity index is 762. The molecule has 1 saturated heterocycles.